The number of aliphatic hydroxyl groups excluding tert-OH is 1. The van der Waals surface area contributed by atoms with E-state index in [1.807, 2.05) is 6.07 Å². The second-order valence-electron chi connectivity index (χ2n) is 3.32. The van der Waals surface area contributed by atoms with Crippen molar-refractivity contribution in [2.45, 2.75) is 6.92 Å². The van der Waals surface area contributed by atoms with Gasteiger partial charge in [-0.05, 0) is 31.2 Å². The molecular weight excluding hydrogens is 202 g/mol. The molecule has 0 spiro atoms. The highest BCUT2D eigenvalue weighted by Crippen LogP contribution is 2.17. The summed E-state index contributed by atoms with van der Waals surface area (Å²) in [6, 6.07) is 6.74. The van der Waals surface area contributed by atoms with Crippen LogP contribution in [-0.4, -0.2) is 10.2 Å². The molecule has 1 aromatic rings. The molecule has 0 bridgehead atoms. The van der Waals surface area contributed by atoms with Gasteiger partial charge >= 0.3 is 0 Å². The number of phenols is 1. The van der Waals surface area contributed by atoms with Gasteiger partial charge in [0.25, 0.3) is 0 Å². The first-order chi connectivity index (χ1) is 7.61. The number of nitrogens with one attached hydrogen (secondary N) is 1. The van der Waals surface area contributed by atoms with Gasteiger partial charge in [0, 0.05) is 17.5 Å². The van der Waals surface area contributed by atoms with E-state index in [4.69, 9.17) is 0 Å². The third kappa shape index (κ3) is 3.92. The summed E-state index contributed by atoms with van der Waals surface area (Å²) in [4.78, 5) is 0. The van der Waals surface area contributed by atoms with E-state index < -0.39 is 0 Å². The van der Waals surface area contributed by atoms with Crippen LogP contribution in [0.1, 0.15) is 6.92 Å². The number of allylic oxidation sites excluding steroid dienone is 4. The van der Waals surface area contributed by atoms with Crippen LogP contribution in [0.2, 0.25) is 0 Å². The van der Waals surface area contributed by atoms with Gasteiger partial charge < -0.3 is 15.5 Å². The molecule has 16 heavy (non-hydrogen) atoms. The lowest BCUT2D eigenvalue weighted by Crippen LogP contribution is -1.97. The first kappa shape index (κ1) is 11.9. The quantitative estimate of drug-likeness (QED) is 0.535. The molecule has 0 aliphatic carbocycles. The highest BCUT2D eigenvalue weighted by molar-refractivity contribution is 5.54. The third-order valence-corrected chi connectivity index (χ3v) is 1.80. The van der Waals surface area contributed by atoms with Gasteiger partial charge in [0.15, 0.2) is 0 Å². The van der Waals surface area contributed by atoms with E-state index in [-0.39, 0.29) is 11.5 Å². The molecule has 0 radical (unpaired) electrons. The lowest BCUT2D eigenvalue weighted by molar-refractivity contribution is 0.414. The molecule has 0 fully saturated rings. The van der Waals surface area contributed by atoms with Crippen molar-refractivity contribution in [1.29, 1.82) is 0 Å². The number of hydrogen-bond donors (Lipinski definition) is 3. The van der Waals surface area contributed by atoms with E-state index >= 15 is 0 Å². The van der Waals surface area contributed by atoms with Crippen LogP contribution >= 0.6 is 0 Å². The summed E-state index contributed by atoms with van der Waals surface area (Å²) < 4.78 is 0. The van der Waals surface area contributed by atoms with Crippen molar-refractivity contribution in [2.24, 2.45) is 0 Å². The molecule has 0 saturated heterocycles. The fourth-order valence-corrected chi connectivity index (χ4v) is 1.23. The summed E-state index contributed by atoms with van der Waals surface area (Å²) in [7, 11) is 0. The minimum Gasteiger partial charge on any atom is -0.513 e. The van der Waals surface area contributed by atoms with Crippen molar-refractivity contribution in [2.75, 3.05) is 5.32 Å². The van der Waals surface area contributed by atoms with E-state index in [9.17, 15) is 10.2 Å². The van der Waals surface area contributed by atoms with Gasteiger partial charge in [-0.2, -0.15) is 0 Å². The predicted molar refractivity (Wildman–Crippen MR) is 66.4 cm³/mol. The van der Waals surface area contributed by atoms with Crippen LogP contribution in [0.4, 0.5) is 5.69 Å². The van der Waals surface area contributed by atoms with Crippen LogP contribution in [0.5, 0.6) is 5.75 Å². The minimum absolute atomic E-state index is 0.188. The van der Waals surface area contributed by atoms with E-state index in [0.717, 1.165) is 5.69 Å². The number of aromatic hydroxyl groups is 1. The molecule has 0 heterocycles. The molecule has 1 aromatic carbocycles. The Hall–Kier alpha value is -2.16. The number of hydrogen-bond acceptors (Lipinski definition) is 3. The normalized spacial score (nSPS) is 12.3. The maximum absolute atomic E-state index is 9.29. The molecule has 0 atom stereocenters. The average molecular weight is 217 g/mol. The molecule has 0 unspecified atom stereocenters. The van der Waals surface area contributed by atoms with Gasteiger partial charge in [0.1, 0.15) is 5.75 Å². The van der Waals surface area contributed by atoms with E-state index in [0.29, 0.717) is 5.70 Å². The molecular formula is C13H15NO2. The maximum Gasteiger partial charge on any atom is 0.117 e. The number of rotatable bonds is 4. The van der Waals surface area contributed by atoms with Crippen LogP contribution in [0.3, 0.4) is 0 Å². The van der Waals surface area contributed by atoms with Crippen LogP contribution in [0.25, 0.3) is 0 Å². The van der Waals surface area contributed by atoms with Crippen LogP contribution in [-0.2, 0) is 0 Å². The summed E-state index contributed by atoms with van der Waals surface area (Å²) in [6.07, 6.45) is 4.92. The van der Waals surface area contributed by atoms with Crippen molar-refractivity contribution in [3.05, 3.63) is 60.5 Å². The van der Waals surface area contributed by atoms with Crippen molar-refractivity contribution in [3.8, 4) is 5.75 Å². The molecule has 0 aliphatic rings. The number of anilines is 1. The fraction of sp³-hybridized carbons (Fsp3) is 0.0769. The second kappa shape index (κ2) is 5.66. The van der Waals surface area contributed by atoms with Crippen molar-refractivity contribution in [1.82, 2.24) is 0 Å². The molecule has 3 nitrogen and oxygen atoms in total. The summed E-state index contributed by atoms with van der Waals surface area (Å²) in [5.74, 6) is 0.383. The molecule has 0 amide bonds. The van der Waals surface area contributed by atoms with Gasteiger partial charge in [-0.3, -0.25) is 0 Å². The number of aliphatic hydroxyl groups is 1. The molecule has 1 rings (SSSR count). The Morgan fingerprint density at radius 3 is 2.75 bits per heavy atom. The van der Waals surface area contributed by atoms with Crippen molar-refractivity contribution in [3.63, 3.8) is 0 Å². The fourth-order valence-electron chi connectivity index (χ4n) is 1.23. The van der Waals surface area contributed by atoms with E-state index in [1.165, 1.54) is 0 Å². The minimum atomic E-state index is 0.188. The lowest BCUT2D eigenvalue weighted by Gasteiger charge is -2.07. The first-order valence-corrected chi connectivity index (χ1v) is 4.88. The Kier molecular flexibility index (Phi) is 4.21. The Morgan fingerprint density at radius 2 is 2.19 bits per heavy atom. The molecule has 0 saturated carbocycles. The Balaban J connectivity index is 2.88. The zero-order valence-electron chi connectivity index (χ0n) is 9.14. The van der Waals surface area contributed by atoms with Crippen LogP contribution in [0, 0.1) is 0 Å². The lowest BCUT2D eigenvalue weighted by atomic mass is 10.2. The smallest absolute Gasteiger partial charge is 0.117 e. The summed E-state index contributed by atoms with van der Waals surface area (Å²) in [5.41, 5.74) is 1.44. The maximum atomic E-state index is 9.29. The van der Waals surface area contributed by atoms with Gasteiger partial charge in [-0.25, -0.2) is 0 Å². The molecule has 84 valence electrons. The summed E-state index contributed by atoms with van der Waals surface area (Å²) in [6.45, 7) is 5.17. The summed E-state index contributed by atoms with van der Waals surface area (Å²) >= 11 is 0. The third-order valence-electron chi connectivity index (χ3n) is 1.80. The highest BCUT2D eigenvalue weighted by atomic mass is 16.3. The zero-order valence-corrected chi connectivity index (χ0v) is 9.14. The predicted octanol–water partition coefficient (Wildman–Crippen LogP) is 3.34. The number of phenolic OH excluding ortho intramolecular Hbond substituents is 1. The largest absolute Gasteiger partial charge is 0.513 e. The molecule has 3 N–H and O–H groups in total. The Labute approximate surface area is 95.1 Å². The Bertz CT molecular complexity index is 429. The monoisotopic (exact) mass is 217 g/mol. The molecule has 3 heteroatoms. The summed E-state index contributed by atoms with van der Waals surface area (Å²) in [5, 5.41) is 21.5. The number of benzene rings is 1. The van der Waals surface area contributed by atoms with Crippen molar-refractivity contribution >= 4 is 5.69 Å². The topological polar surface area (TPSA) is 52.5 Å². The van der Waals surface area contributed by atoms with Gasteiger partial charge in [0.2, 0.25) is 0 Å². The van der Waals surface area contributed by atoms with Crippen molar-refractivity contribution < 1.29 is 10.2 Å². The van der Waals surface area contributed by atoms with E-state index in [2.05, 4.69) is 11.9 Å². The van der Waals surface area contributed by atoms with Crippen LogP contribution in [0.15, 0.2) is 60.5 Å². The second-order valence-corrected chi connectivity index (χ2v) is 3.32. The van der Waals surface area contributed by atoms with Gasteiger partial charge in [-0.15, -0.1) is 0 Å². The van der Waals surface area contributed by atoms with Gasteiger partial charge in [-0.1, -0.05) is 18.7 Å². The SMILES string of the molecule is C=C/C=C(\C=C(/C)O)Nc1cccc(O)c1. The highest BCUT2D eigenvalue weighted by Gasteiger charge is 1.96. The average Bonchev–Trinajstić information content (AvgIpc) is 2.16. The van der Waals surface area contributed by atoms with Gasteiger partial charge in [0.05, 0.1) is 5.76 Å². The van der Waals surface area contributed by atoms with Crippen LogP contribution < -0.4 is 5.32 Å². The first-order valence-electron chi connectivity index (χ1n) is 4.88. The molecule has 0 aliphatic heterocycles. The zero-order chi connectivity index (χ0) is 12.0. The standard InChI is InChI=1S/C13H15NO2/c1-3-5-11(8-10(2)15)14-12-6-4-7-13(16)9-12/h3-9,14-16H,1H2,2H3/b10-8+,11-5+. The Morgan fingerprint density at radius 1 is 1.44 bits per heavy atom. The van der Waals surface area contributed by atoms with E-state index in [1.54, 1.807) is 43.4 Å². The molecule has 0 aromatic heterocycles.